The maximum Gasteiger partial charge on any atom is 0.316 e. The molecule has 27 heavy (non-hydrogen) atoms. The van der Waals surface area contributed by atoms with Crippen LogP contribution in [0.3, 0.4) is 0 Å². The summed E-state index contributed by atoms with van der Waals surface area (Å²) >= 11 is 12.0. The van der Waals surface area contributed by atoms with Crippen LogP contribution in [0.15, 0.2) is 36.4 Å². The van der Waals surface area contributed by atoms with Crippen LogP contribution < -0.4 is 19.1 Å². The van der Waals surface area contributed by atoms with E-state index in [2.05, 4.69) is 0 Å². The van der Waals surface area contributed by atoms with Gasteiger partial charge in [-0.3, -0.25) is 9.59 Å². The van der Waals surface area contributed by atoms with Crippen LogP contribution in [-0.4, -0.2) is 31.6 Å². The fourth-order valence-electron chi connectivity index (χ4n) is 3.07. The first-order valence-corrected chi connectivity index (χ1v) is 9.14. The SMILES string of the molecule is O=C(Oc1cccc(Cl)c1Cl)C1CC(=O)N(c2ccc3c(c2)OCCO3)C1. The Labute approximate surface area is 165 Å². The number of fused-ring (bicyclic) bond motifs is 1. The molecule has 2 aliphatic rings. The summed E-state index contributed by atoms with van der Waals surface area (Å²) in [4.78, 5) is 26.5. The lowest BCUT2D eigenvalue weighted by Gasteiger charge is -2.22. The maximum atomic E-state index is 12.5. The first kappa shape index (κ1) is 17.9. The molecule has 2 heterocycles. The summed E-state index contributed by atoms with van der Waals surface area (Å²) in [6, 6.07) is 10.1. The molecule has 0 aromatic heterocycles. The van der Waals surface area contributed by atoms with Crippen LogP contribution in [0.4, 0.5) is 5.69 Å². The number of hydrogen-bond acceptors (Lipinski definition) is 5. The van der Waals surface area contributed by atoms with Gasteiger partial charge in [0.05, 0.1) is 10.9 Å². The van der Waals surface area contributed by atoms with Gasteiger partial charge in [0.2, 0.25) is 5.91 Å². The normalized spacial score (nSPS) is 18.5. The Morgan fingerprint density at radius 2 is 1.89 bits per heavy atom. The largest absolute Gasteiger partial charge is 0.486 e. The first-order chi connectivity index (χ1) is 13.0. The molecule has 1 fully saturated rings. The number of anilines is 1. The highest BCUT2D eigenvalue weighted by Crippen LogP contribution is 2.37. The average Bonchev–Trinajstić information content (AvgIpc) is 3.07. The van der Waals surface area contributed by atoms with Crippen molar-refractivity contribution in [3.8, 4) is 17.2 Å². The highest BCUT2D eigenvalue weighted by Gasteiger charge is 2.37. The van der Waals surface area contributed by atoms with Gasteiger partial charge < -0.3 is 19.1 Å². The summed E-state index contributed by atoms with van der Waals surface area (Å²) < 4.78 is 16.4. The van der Waals surface area contributed by atoms with E-state index in [4.69, 9.17) is 37.4 Å². The Morgan fingerprint density at radius 3 is 2.70 bits per heavy atom. The molecule has 2 aromatic carbocycles. The van der Waals surface area contributed by atoms with Gasteiger partial charge in [-0.05, 0) is 24.3 Å². The van der Waals surface area contributed by atoms with Gasteiger partial charge >= 0.3 is 5.97 Å². The minimum atomic E-state index is -0.597. The van der Waals surface area contributed by atoms with E-state index < -0.39 is 11.9 Å². The standard InChI is InChI=1S/C19H15Cl2NO5/c20-13-2-1-3-15(18(13)21)27-19(24)11-8-17(23)22(10-11)12-4-5-14-16(9-12)26-7-6-25-14/h1-5,9,11H,6-8,10H2. The molecule has 0 N–H and O–H groups in total. The third-order valence-corrected chi connectivity index (χ3v) is 5.22. The zero-order valence-corrected chi connectivity index (χ0v) is 15.6. The number of benzene rings is 2. The van der Waals surface area contributed by atoms with Gasteiger partial charge in [-0.15, -0.1) is 0 Å². The molecule has 0 radical (unpaired) electrons. The second-order valence-corrected chi connectivity index (χ2v) is 6.99. The molecule has 1 atom stereocenters. The minimum absolute atomic E-state index is 0.0610. The van der Waals surface area contributed by atoms with E-state index in [-0.39, 0.29) is 29.6 Å². The number of hydrogen-bond donors (Lipinski definition) is 0. The second-order valence-electron chi connectivity index (χ2n) is 6.21. The van der Waals surface area contributed by atoms with Crippen molar-refractivity contribution in [1.82, 2.24) is 0 Å². The van der Waals surface area contributed by atoms with Gasteiger partial charge in [-0.1, -0.05) is 29.3 Å². The monoisotopic (exact) mass is 407 g/mol. The van der Waals surface area contributed by atoms with Crippen molar-refractivity contribution in [2.24, 2.45) is 5.92 Å². The molecule has 1 amide bonds. The molecule has 6 nitrogen and oxygen atoms in total. The molecule has 140 valence electrons. The van der Waals surface area contributed by atoms with Crippen molar-refractivity contribution >= 4 is 40.8 Å². The summed E-state index contributed by atoms with van der Waals surface area (Å²) in [6.07, 6.45) is 0.0610. The summed E-state index contributed by atoms with van der Waals surface area (Å²) in [5, 5.41) is 0.461. The number of rotatable bonds is 3. The topological polar surface area (TPSA) is 65.1 Å². The highest BCUT2D eigenvalue weighted by molar-refractivity contribution is 6.43. The van der Waals surface area contributed by atoms with Crippen LogP contribution in [0.25, 0.3) is 0 Å². The lowest BCUT2D eigenvalue weighted by molar-refractivity contribution is -0.139. The Hall–Kier alpha value is -2.44. The van der Waals surface area contributed by atoms with E-state index in [1.165, 1.54) is 0 Å². The number of carbonyl (C=O) groups excluding carboxylic acids is 2. The number of esters is 1. The number of halogens is 2. The number of carbonyl (C=O) groups is 2. The zero-order valence-electron chi connectivity index (χ0n) is 14.1. The number of nitrogens with zero attached hydrogens (tertiary/aromatic N) is 1. The van der Waals surface area contributed by atoms with E-state index in [1.54, 1.807) is 41.3 Å². The molecule has 4 rings (SSSR count). The predicted molar refractivity (Wildman–Crippen MR) is 100.0 cm³/mol. The molecule has 0 aliphatic carbocycles. The van der Waals surface area contributed by atoms with Crippen LogP contribution in [0.2, 0.25) is 10.0 Å². The summed E-state index contributed by atoms with van der Waals surface area (Å²) in [6.45, 7) is 1.17. The van der Waals surface area contributed by atoms with E-state index in [0.717, 1.165) is 0 Å². The zero-order chi connectivity index (χ0) is 19.0. The van der Waals surface area contributed by atoms with Crippen molar-refractivity contribution in [3.63, 3.8) is 0 Å². The minimum Gasteiger partial charge on any atom is -0.486 e. The highest BCUT2D eigenvalue weighted by atomic mass is 35.5. The van der Waals surface area contributed by atoms with E-state index in [0.29, 0.717) is 35.4 Å². The lowest BCUT2D eigenvalue weighted by atomic mass is 10.1. The van der Waals surface area contributed by atoms with E-state index >= 15 is 0 Å². The Bertz CT molecular complexity index is 917. The van der Waals surface area contributed by atoms with Crippen LogP contribution in [-0.2, 0) is 9.59 Å². The van der Waals surface area contributed by atoms with Crippen LogP contribution >= 0.6 is 23.2 Å². The van der Waals surface area contributed by atoms with Gasteiger partial charge in [0, 0.05) is 24.7 Å². The molecule has 2 aromatic rings. The third kappa shape index (κ3) is 3.55. The molecule has 0 bridgehead atoms. The Kier molecular flexibility index (Phi) is 4.85. The van der Waals surface area contributed by atoms with Crippen molar-refractivity contribution in [1.29, 1.82) is 0 Å². The van der Waals surface area contributed by atoms with Crippen molar-refractivity contribution in [3.05, 3.63) is 46.4 Å². The molecule has 1 unspecified atom stereocenters. The van der Waals surface area contributed by atoms with Gasteiger partial charge in [-0.2, -0.15) is 0 Å². The Morgan fingerprint density at radius 1 is 1.11 bits per heavy atom. The molecule has 2 aliphatic heterocycles. The molecule has 0 spiro atoms. The Balaban J connectivity index is 1.49. The van der Waals surface area contributed by atoms with Gasteiger partial charge in [0.15, 0.2) is 17.2 Å². The molecule has 0 saturated carbocycles. The maximum absolute atomic E-state index is 12.5. The van der Waals surface area contributed by atoms with E-state index in [9.17, 15) is 9.59 Å². The fraction of sp³-hybridized carbons (Fsp3) is 0.263. The predicted octanol–water partition coefficient (Wildman–Crippen LogP) is 3.72. The summed E-state index contributed by atoms with van der Waals surface area (Å²) in [7, 11) is 0. The molecular weight excluding hydrogens is 393 g/mol. The van der Waals surface area contributed by atoms with Crippen LogP contribution in [0, 0.1) is 5.92 Å². The number of amides is 1. The van der Waals surface area contributed by atoms with Crippen molar-refractivity contribution in [2.75, 3.05) is 24.7 Å². The summed E-state index contributed by atoms with van der Waals surface area (Å²) in [5.74, 6) is 0.130. The smallest absolute Gasteiger partial charge is 0.316 e. The second kappa shape index (κ2) is 7.29. The van der Waals surface area contributed by atoms with Gasteiger partial charge in [0.1, 0.15) is 18.2 Å². The summed E-state index contributed by atoms with van der Waals surface area (Å²) in [5.41, 5.74) is 0.653. The molecular formula is C19H15Cl2NO5. The van der Waals surface area contributed by atoms with Crippen LogP contribution in [0.1, 0.15) is 6.42 Å². The van der Waals surface area contributed by atoms with Gasteiger partial charge in [0.25, 0.3) is 0 Å². The van der Waals surface area contributed by atoms with Gasteiger partial charge in [-0.25, -0.2) is 0 Å². The number of ether oxygens (including phenoxy) is 3. The quantitative estimate of drug-likeness (QED) is 0.572. The third-order valence-electron chi connectivity index (χ3n) is 4.42. The first-order valence-electron chi connectivity index (χ1n) is 8.38. The van der Waals surface area contributed by atoms with E-state index in [1.807, 2.05) is 0 Å². The van der Waals surface area contributed by atoms with Crippen molar-refractivity contribution < 1.29 is 23.8 Å². The fourth-order valence-corrected chi connectivity index (χ4v) is 3.40. The lowest BCUT2D eigenvalue weighted by Crippen LogP contribution is -2.27. The average molecular weight is 408 g/mol. The van der Waals surface area contributed by atoms with Crippen LogP contribution in [0.5, 0.6) is 17.2 Å². The van der Waals surface area contributed by atoms with Crippen molar-refractivity contribution in [2.45, 2.75) is 6.42 Å². The molecule has 1 saturated heterocycles. The molecule has 8 heteroatoms.